The molecule has 2 atom stereocenters. The van der Waals surface area contributed by atoms with Gasteiger partial charge in [0.25, 0.3) is 11.5 Å². The van der Waals surface area contributed by atoms with Crippen LogP contribution in [0.5, 0.6) is 5.75 Å². The SMILES string of the molecule is CCc1cc2ncc(CN3C[C@H](Oc4ccc(C(=O)NC)cc4)[C@H]3C)cc2[nH]c1=O. The molecule has 0 aliphatic carbocycles. The zero-order valence-corrected chi connectivity index (χ0v) is 17.4. The van der Waals surface area contributed by atoms with E-state index < -0.39 is 0 Å². The molecule has 1 aliphatic heterocycles. The summed E-state index contributed by atoms with van der Waals surface area (Å²) < 4.78 is 6.07. The van der Waals surface area contributed by atoms with Crippen LogP contribution in [0.3, 0.4) is 0 Å². The fourth-order valence-corrected chi connectivity index (χ4v) is 3.75. The van der Waals surface area contributed by atoms with E-state index in [2.05, 4.69) is 27.1 Å². The largest absolute Gasteiger partial charge is 0.487 e. The number of nitrogens with zero attached hydrogens (tertiary/aromatic N) is 2. The molecule has 2 aromatic heterocycles. The second-order valence-electron chi connectivity index (χ2n) is 7.68. The number of H-pyrrole nitrogens is 1. The number of rotatable bonds is 6. The summed E-state index contributed by atoms with van der Waals surface area (Å²) >= 11 is 0. The topological polar surface area (TPSA) is 87.3 Å². The van der Waals surface area contributed by atoms with Gasteiger partial charge in [-0.05, 0) is 55.3 Å². The lowest BCUT2D eigenvalue weighted by Gasteiger charge is -2.45. The van der Waals surface area contributed by atoms with E-state index in [9.17, 15) is 9.59 Å². The summed E-state index contributed by atoms with van der Waals surface area (Å²) in [4.78, 5) is 33.5. The van der Waals surface area contributed by atoms with Crippen LogP contribution in [0.2, 0.25) is 0 Å². The summed E-state index contributed by atoms with van der Waals surface area (Å²) in [5.41, 5.74) is 3.96. The summed E-state index contributed by atoms with van der Waals surface area (Å²) in [6.07, 6.45) is 2.66. The van der Waals surface area contributed by atoms with E-state index in [1.165, 1.54) is 0 Å². The molecule has 4 rings (SSSR count). The molecule has 156 valence electrons. The predicted octanol–water partition coefficient (Wildman–Crippen LogP) is 2.50. The molecule has 0 saturated carbocycles. The van der Waals surface area contributed by atoms with Crippen LogP contribution in [-0.4, -0.2) is 46.5 Å². The average Bonchev–Trinajstić information content (AvgIpc) is 2.77. The lowest BCUT2D eigenvalue weighted by molar-refractivity contribution is -0.0413. The lowest BCUT2D eigenvalue weighted by atomic mass is 10.00. The van der Waals surface area contributed by atoms with Crippen LogP contribution in [0, 0.1) is 0 Å². The van der Waals surface area contributed by atoms with Gasteiger partial charge in [-0.1, -0.05) is 6.92 Å². The van der Waals surface area contributed by atoms with Crippen molar-refractivity contribution in [2.24, 2.45) is 0 Å². The number of ether oxygens (including phenoxy) is 1. The molecule has 1 aromatic carbocycles. The molecule has 3 aromatic rings. The first-order valence-corrected chi connectivity index (χ1v) is 10.2. The molecule has 1 aliphatic rings. The van der Waals surface area contributed by atoms with Crippen molar-refractivity contribution >= 4 is 16.9 Å². The third-order valence-corrected chi connectivity index (χ3v) is 5.75. The third-order valence-electron chi connectivity index (χ3n) is 5.75. The highest BCUT2D eigenvalue weighted by Crippen LogP contribution is 2.26. The fourth-order valence-electron chi connectivity index (χ4n) is 3.75. The van der Waals surface area contributed by atoms with Crippen molar-refractivity contribution in [1.29, 1.82) is 0 Å². The van der Waals surface area contributed by atoms with Crippen molar-refractivity contribution in [3.8, 4) is 5.75 Å². The second-order valence-corrected chi connectivity index (χ2v) is 7.68. The highest BCUT2D eigenvalue weighted by molar-refractivity contribution is 5.94. The maximum absolute atomic E-state index is 12.1. The maximum atomic E-state index is 12.1. The number of aryl methyl sites for hydroxylation is 1. The van der Waals surface area contributed by atoms with Crippen molar-refractivity contribution in [1.82, 2.24) is 20.2 Å². The number of aromatic amines is 1. The molecular weight excluding hydrogens is 380 g/mol. The predicted molar refractivity (Wildman–Crippen MR) is 116 cm³/mol. The molecule has 0 bridgehead atoms. The summed E-state index contributed by atoms with van der Waals surface area (Å²) in [6, 6.07) is 11.3. The normalized spacial score (nSPS) is 18.8. The molecule has 7 nitrogen and oxygen atoms in total. The number of carbonyl (C=O) groups excluding carboxylic acids is 1. The minimum absolute atomic E-state index is 0.0443. The number of hydrogen-bond acceptors (Lipinski definition) is 5. The van der Waals surface area contributed by atoms with Gasteiger partial charge in [-0.3, -0.25) is 19.5 Å². The van der Waals surface area contributed by atoms with Crippen LogP contribution < -0.4 is 15.6 Å². The summed E-state index contributed by atoms with van der Waals surface area (Å²) in [5, 5.41) is 2.61. The van der Waals surface area contributed by atoms with E-state index in [1.54, 1.807) is 19.2 Å². The molecular formula is C23H26N4O3. The molecule has 0 unspecified atom stereocenters. The Morgan fingerprint density at radius 1 is 1.30 bits per heavy atom. The van der Waals surface area contributed by atoms with E-state index in [-0.39, 0.29) is 23.6 Å². The summed E-state index contributed by atoms with van der Waals surface area (Å²) in [6.45, 7) is 5.65. The van der Waals surface area contributed by atoms with Gasteiger partial charge in [0.1, 0.15) is 11.9 Å². The number of amides is 1. The van der Waals surface area contributed by atoms with Crippen LogP contribution in [-0.2, 0) is 13.0 Å². The Bertz CT molecular complexity index is 1120. The van der Waals surface area contributed by atoms with Gasteiger partial charge >= 0.3 is 0 Å². The Hall–Kier alpha value is -3.19. The van der Waals surface area contributed by atoms with Gasteiger partial charge in [-0.15, -0.1) is 0 Å². The van der Waals surface area contributed by atoms with E-state index in [1.807, 2.05) is 37.4 Å². The molecule has 0 radical (unpaired) electrons. The summed E-state index contributed by atoms with van der Waals surface area (Å²) in [7, 11) is 1.61. The van der Waals surface area contributed by atoms with Gasteiger partial charge in [0, 0.05) is 43.5 Å². The molecule has 1 amide bonds. The quantitative estimate of drug-likeness (QED) is 0.657. The van der Waals surface area contributed by atoms with E-state index in [0.717, 1.165) is 41.0 Å². The number of hydrogen-bond donors (Lipinski definition) is 2. The zero-order chi connectivity index (χ0) is 21.3. The first kappa shape index (κ1) is 20.1. The Labute approximate surface area is 175 Å². The smallest absolute Gasteiger partial charge is 0.251 e. The minimum atomic E-state index is -0.110. The molecule has 2 N–H and O–H groups in total. The molecule has 7 heteroatoms. The van der Waals surface area contributed by atoms with Crippen LogP contribution in [0.1, 0.15) is 35.3 Å². The highest BCUT2D eigenvalue weighted by atomic mass is 16.5. The zero-order valence-electron chi connectivity index (χ0n) is 17.4. The molecule has 0 spiro atoms. The van der Waals surface area contributed by atoms with Gasteiger partial charge in [0.2, 0.25) is 0 Å². The van der Waals surface area contributed by atoms with Crippen LogP contribution in [0.4, 0.5) is 0 Å². The van der Waals surface area contributed by atoms with Crippen LogP contribution in [0.25, 0.3) is 11.0 Å². The highest BCUT2D eigenvalue weighted by Gasteiger charge is 2.37. The first-order chi connectivity index (χ1) is 14.5. The third kappa shape index (κ3) is 3.93. The van der Waals surface area contributed by atoms with Crippen LogP contribution >= 0.6 is 0 Å². The number of fused-ring (bicyclic) bond motifs is 1. The number of aromatic nitrogens is 2. The van der Waals surface area contributed by atoms with E-state index in [4.69, 9.17) is 4.74 Å². The van der Waals surface area contributed by atoms with Gasteiger partial charge < -0.3 is 15.0 Å². The Morgan fingerprint density at radius 2 is 2.07 bits per heavy atom. The lowest BCUT2D eigenvalue weighted by Crippen LogP contribution is -2.60. The second kappa shape index (κ2) is 8.28. The number of pyridine rings is 2. The van der Waals surface area contributed by atoms with Gasteiger partial charge in [0.05, 0.1) is 11.0 Å². The first-order valence-electron chi connectivity index (χ1n) is 10.2. The van der Waals surface area contributed by atoms with Gasteiger partial charge in [-0.25, -0.2) is 0 Å². The Morgan fingerprint density at radius 3 is 2.73 bits per heavy atom. The average molecular weight is 406 g/mol. The van der Waals surface area contributed by atoms with Crippen molar-refractivity contribution < 1.29 is 9.53 Å². The van der Waals surface area contributed by atoms with Crippen molar-refractivity contribution in [2.75, 3.05) is 13.6 Å². The van der Waals surface area contributed by atoms with Gasteiger partial charge in [-0.2, -0.15) is 0 Å². The summed E-state index contributed by atoms with van der Waals surface area (Å²) in [5.74, 6) is 0.650. The number of carbonyl (C=O) groups is 1. The Balaban J connectivity index is 1.38. The van der Waals surface area contributed by atoms with Crippen LogP contribution in [0.15, 0.2) is 47.4 Å². The van der Waals surface area contributed by atoms with E-state index >= 15 is 0 Å². The molecule has 3 heterocycles. The van der Waals surface area contributed by atoms with Gasteiger partial charge in [0.15, 0.2) is 0 Å². The van der Waals surface area contributed by atoms with Crippen molar-refractivity contribution in [3.63, 3.8) is 0 Å². The molecule has 30 heavy (non-hydrogen) atoms. The molecule has 1 saturated heterocycles. The maximum Gasteiger partial charge on any atom is 0.251 e. The number of nitrogens with one attached hydrogen (secondary N) is 2. The molecule has 1 fully saturated rings. The fraction of sp³-hybridized carbons (Fsp3) is 0.348. The number of benzene rings is 1. The van der Waals surface area contributed by atoms with Crippen molar-refractivity contribution in [2.45, 2.75) is 39.0 Å². The van der Waals surface area contributed by atoms with E-state index in [0.29, 0.717) is 12.0 Å². The standard InChI is InChI=1S/C23H26N4O3/c1-4-16-10-19-20(26-23(16)29)9-15(11-25-19)12-27-13-21(14(27)2)30-18-7-5-17(6-8-18)22(28)24-3/h5-11,14,21H,4,12-13H2,1-3H3,(H,24,28)(H,26,29)/t14-,21+/m1/s1. The van der Waals surface area contributed by atoms with Crippen molar-refractivity contribution in [3.05, 3.63) is 69.6 Å². The number of likely N-dealkylation sites (tertiary alicyclic amines) is 1. The Kier molecular flexibility index (Phi) is 5.55. The minimum Gasteiger partial charge on any atom is -0.487 e. The monoisotopic (exact) mass is 406 g/mol.